The van der Waals surface area contributed by atoms with E-state index in [2.05, 4.69) is 15.0 Å². The second-order valence-electron chi connectivity index (χ2n) is 5.72. The van der Waals surface area contributed by atoms with E-state index < -0.39 is 19.4 Å². The molecule has 0 unspecified atom stereocenters. The summed E-state index contributed by atoms with van der Waals surface area (Å²) in [6.45, 7) is 4.40. The number of rotatable bonds is 6. The van der Waals surface area contributed by atoms with Gasteiger partial charge in [-0.3, -0.25) is 4.57 Å². The van der Waals surface area contributed by atoms with Crippen LogP contribution in [0, 0.1) is 5.41 Å². The Morgan fingerprint density at radius 1 is 1.45 bits per heavy atom. The summed E-state index contributed by atoms with van der Waals surface area (Å²) in [6, 6.07) is 0. The molecule has 0 spiro atoms. The molecule has 0 saturated heterocycles. The lowest BCUT2D eigenvalue weighted by Gasteiger charge is -2.25. The van der Waals surface area contributed by atoms with Crippen LogP contribution < -0.4 is 5.73 Å². The van der Waals surface area contributed by atoms with Gasteiger partial charge in [-0.05, 0) is 0 Å². The maximum Gasteiger partial charge on any atom is 0.350 e. The predicted molar refractivity (Wildman–Crippen MR) is 81.4 cm³/mol. The molecule has 0 saturated carbocycles. The molecule has 9 nitrogen and oxygen atoms in total. The SMILES string of the molecule is CC(C)(COCP(=O)(O)O)Cn1cnc2c(Cl)nc(N)nc21. The molecule has 0 amide bonds. The molecule has 2 heterocycles. The zero-order chi connectivity index (χ0) is 16.5. The molecule has 0 aromatic carbocycles. The predicted octanol–water partition coefficient (Wildman–Crippen LogP) is 1.24. The van der Waals surface area contributed by atoms with Crippen molar-refractivity contribution in [1.82, 2.24) is 19.5 Å². The molecular weight excluding hydrogens is 333 g/mol. The minimum absolute atomic E-state index is 0.0507. The van der Waals surface area contributed by atoms with Gasteiger partial charge in [0.05, 0.1) is 12.9 Å². The number of ether oxygens (including phenoxy) is 1. The number of hydrogen-bond donors (Lipinski definition) is 3. The molecule has 0 radical (unpaired) electrons. The van der Waals surface area contributed by atoms with Crippen LogP contribution >= 0.6 is 19.2 Å². The third-order valence-electron chi connectivity index (χ3n) is 2.79. The normalized spacial score (nSPS) is 13.0. The fourth-order valence-corrected chi connectivity index (χ4v) is 2.54. The smallest absolute Gasteiger partial charge is 0.350 e. The maximum absolute atomic E-state index is 10.8. The van der Waals surface area contributed by atoms with Crippen LogP contribution in [0.15, 0.2) is 6.33 Å². The van der Waals surface area contributed by atoms with Gasteiger partial charge in [-0.2, -0.15) is 9.97 Å². The van der Waals surface area contributed by atoms with Crippen molar-refractivity contribution in [3.05, 3.63) is 11.5 Å². The largest absolute Gasteiger partial charge is 0.368 e. The zero-order valence-corrected chi connectivity index (χ0v) is 13.8. The first-order chi connectivity index (χ1) is 10.1. The number of anilines is 1. The lowest BCUT2D eigenvalue weighted by Crippen LogP contribution is -2.25. The third-order valence-corrected chi connectivity index (χ3v) is 3.57. The van der Waals surface area contributed by atoms with Crippen molar-refractivity contribution < 1.29 is 19.1 Å². The van der Waals surface area contributed by atoms with E-state index in [9.17, 15) is 4.57 Å². The molecule has 122 valence electrons. The summed E-state index contributed by atoms with van der Waals surface area (Å²) >= 11 is 5.96. The van der Waals surface area contributed by atoms with Crippen molar-refractivity contribution in [3.63, 3.8) is 0 Å². The summed E-state index contributed by atoms with van der Waals surface area (Å²) in [5, 5.41) is 0.178. The van der Waals surface area contributed by atoms with E-state index in [0.29, 0.717) is 17.7 Å². The highest BCUT2D eigenvalue weighted by atomic mass is 35.5. The molecule has 0 bridgehead atoms. The van der Waals surface area contributed by atoms with Crippen LogP contribution in [-0.4, -0.2) is 42.3 Å². The van der Waals surface area contributed by atoms with E-state index in [4.69, 9.17) is 31.9 Å². The molecule has 2 rings (SSSR count). The third kappa shape index (κ3) is 4.37. The van der Waals surface area contributed by atoms with E-state index in [-0.39, 0.29) is 17.7 Å². The summed E-state index contributed by atoms with van der Waals surface area (Å²) in [4.78, 5) is 29.7. The Labute approximate surface area is 131 Å². The quantitative estimate of drug-likeness (QED) is 0.523. The van der Waals surface area contributed by atoms with Crippen LogP contribution in [-0.2, 0) is 15.8 Å². The van der Waals surface area contributed by atoms with Crippen molar-refractivity contribution in [2.24, 2.45) is 5.41 Å². The van der Waals surface area contributed by atoms with E-state index in [1.807, 2.05) is 13.8 Å². The van der Waals surface area contributed by atoms with Gasteiger partial charge < -0.3 is 24.8 Å². The first-order valence-corrected chi connectivity index (χ1v) is 8.51. The van der Waals surface area contributed by atoms with Crippen LogP contribution in [0.5, 0.6) is 0 Å². The van der Waals surface area contributed by atoms with Gasteiger partial charge in [0.1, 0.15) is 11.9 Å². The van der Waals surface area contributed by atoms with Gasteiger partial charge in [0.2, 0.25) is 5.95 Å². The number of nitrogens with zero attached hydrogens (tertiary/aromatic N) is 4. The molecule has 0 aliphatic heterocycles. The number of fused-ring (bicyclic) bond motifs is 1. The van der Waals surface area contributed by atoms with Gasteiger partial charge in [0.15, 0.2) is 10.8 Å². The van der Waals surface area contributed by atoms with Crippen LogP contribution in [0.1, 0.15) is 13.8 Å². The minimum Gasteiger partial charge on any atom is -0.368 e. The molecule has 0 fully saturated rings. The molecule has 0 aliphatic carbocycles. The second-order valence-corrected chi connectivity index (χ2v) is 7.67. The van der Waals surface area contributed by atoms with Crippen molar-refractivity contribution in [2.45, 2.75) is 20.4 Å². The average Bonchev–Trinajstić information content (AvgIpc) is 2.69. The highest BCUT2D eigenvalue weighted by Crippen LogP contribution is 2.35. The van der Waals surface area contributed by atoms with E-state index in [1.54, 1.807) is 10.9 Å². The Balaban J connectivity index is 2.14. The number of halogens is 1. The average molecular weight is 350 g/mol. The Morgan fingerprint density at radius 3 is 2.77 bits per heavy atom. The molecule has 2 aromatic heterocycles. The summed E-state index contributed by atoms with van der Waals surface area (Å²) in [5.74, 6) is 0.0507. The van der Waals surface area contributed by atoms with Crippen LogP contribution in [0.2, 0.25) is 5.15 Å². The summed E-state index contributed by atoms with van der Waals surface area (Å²) in [5.41, 5.74) is 6.13. The minimum atomic E-state index is -4.17. The molecule has 2 aromatic rings. The summed E-state index contributed by atoms with van der Waals surface area (Å²) < 4.78 is 17.6. The zero-order valence-electron chi connectivity index (χ0n) is 12.1. The Kier molecular flexibility index (Phi) is 4.74. The standard InChI is InChI=1S/C11H17ClN5O4P/c1-11(2,4-21-6-22(18,19)20)3-17-5-14-7-8(12)15-10(13)16-9(7)17/h5H,3-4,6H2,1-2H3,(H2,13,15,16)(H2,18,19,20). The van der Waals surface area contributed by atoms with Crippen LogP contribution in [0.4, 0.5) is 5.95 Å². The van der Waals surface area contributed by atoms with Crippen molar-refractivity contribution in [3.8, 4) is 0 Å². The lowest BCUT2D eigenvalue weighted by molar-refractivity contribution is 0.0715. The first-order valence-electron chi connectivity index (χ1n) is 6.34. The molecule has 4 N–H and O–H groups in total. The maximum atomic E-state index is 10.8. The summed E-state index contributed by atoms with van der Waals surface area (Å²) in [6.07, 6.45) is 0.956. The van der Waals surface area contributed by atoms with E-state index in [1.165, 1.54) is 0 Å². The van der Waals surface area contributed by atoms with Gasteiger partial charge in [-0.1, -0.05) is 25.4 Å². The number of nitrogen functional groups attached to an aromatic ring is 1. The summed E-state index contributed by atoms with van der Waals surface area (Å²) in [7, 11) is -4.17. The Morgan fingerprint density at radius 2 is 2.14 bits per heavy atom. The van der Waals surface area contributed by atoms with Gasteiger partial charge in [-0.15, -0.1) is 0 Å². The number of aromatic nitrogens is 4. The van der Waals surface area contributed by atoms with Gasteiger partial charge in [-0.25, -0.2) is 4.98 Å². The van der Waals surface area contributed by atoms with Crippen molar-refractivity contribution in [2.75, 3.05) is 18.7 Å². The fraction of sp³-hybridized carbons (Fsp3) is 0.545. The number of nitrogens with two attached hydrogens (primary N) is 1. The van der Waals surface area contributed by atoms with Crippen LogP contribution in [0.25, 0.3) is 11.2 Å². The van der Waals surface area contributed by atoms with E-state index in [0.717, 1.165) is 0 Å². The fourth-order valence-electron chi connectivity index (χ4n) is 1.99. The molecule has 11 heteroatoms. The van der Waals surface area contributed by atoms with Crippen molar-refractivity contribution in [1.29, 1.82) is 0 Å². The lowest BCUT2D eigenvalue weighted by atomic mass is 9.95. The highest BCUT2D eigenvalue weighted by Gasteiger charge is 2.23. The molecule has 0 aliphatic rings. The van der Waals surface area contributed by atoms with Gasteiger partial charge in [0.25, 0.3) is 0 Å². The molecular formula is C11H17ClN5O4P. The topological polar surface area (TPSA) is 136 Å². The van der Waals surface area contributed by atoms with Crippen LogP contribution in [0.3, 0.4) is 0 Å². The Hall–Kier alpha value is -1.25. The first kappa shape index (κ1) is 17.1. The van der Waals surface area contributed by atoms with E-state index >= 15 is 0 Å². The molecule has 0 atom stereocenters. The Bertz CT molecular complexity index is 729. The monoisotopic (exact) mass is 349 g/mol. The van der Waals surface area contributed by atoms with Gasteiger partial charge >= 0.3 is 7.60 Å². The molecule has 22 heavy (non-hydrogen) atoms. The van der Waals surface area contributed by atoms with Crippen molar-refractivity contribution >= 4 is 36.3 Å². The number of imidazole rings is 1. The second kappa shape index (κ2) is 6.10. The highest BCUT2D eigenvalue weighted by molar-refractivity contribution is 7.51. The number of hydrogen-bond acceptors (Lipinski definition) is 6. The van der Waals surface area contributed by atoms with Gasteiger partial charge in [0, 0.05) is 12.0 Å².